The Balaban J connectivity index is 1.86. The van der Waals surface area contributed by atoms with Gasteiger partial charge in [0, 0.05) is 26.2 Å². The van der Waals surface area contributed by atoms with Crippen LogP contribution in [-0.4, -0.2) is 60.9 Å². The Labute approximate surface area is 131 Å². The Kier molecular flexibility index (Phi) is 4.02. The molecule has 0 N–H and O–H groups in total. The van der Waals surface area contributed by atoms with E-state index in [2.05, 4.69) is 16.8 Å². The van der Waals surface area contributed by atoms with Crippen molar-refractivity contribution in [2.75, 3.05) is 38.1 Å². The van der Waals surface area contributed by atoms with Gasteiger partial charge in [-0.15, -0.1) is 0 Å². The van der Waals surface area contributed by atoms with Crippen LogP contribution in [0.2, 0.25) is 0 Å². The van der Waals surface area contributed by atoms with Gasteiger partial charge in [-0.3, -0.25) is 14.5 Å². The van der Waals surface area contributed by atoms with Crippen molar-refractivity contribution in [3.8, 4) is 0 Å². The maximum atomic E-state index is 12.9. The first-order valence-corrected chi connectivity index (χ1v) is 7.84. The summed E-state index contributed by atoms with van der Waals surface area (Å²) in [5, 5.41) is 0. The molecule has 1 aromatic carbocycles. The smallest absolute Gasteiger partial charge is 0.251 e. The molecule has 3 rings (SSSR count). The van der Waals surface area contributed by atoms with Gasteiger partial charge in [-0.05, 0) is 32.0 Å². The molecule has 1 aromatic rings. The summed E-state index contributed by atoms with van der Waals surface area (Å²) in [6.07, 6.45) is 0.302. The molecule has 0 spiro atoms. The van der Waals surface area contributed by atoms with Gasteiger partial charge < -0.3 is 4.90 Å². The number of imide groups is 1. The van der Waals surface area contributed by atoms with Crippen molar-refractivity contribution in [3.63, 3.8) is 0 Å². The van der Waals surface area contributed by atoms with Crippen LogP contribution in [0.5, 0.6) is 0 Å². The highest BCUT2D eigenvalue weighted by Crippen LogP contribution is 2.31. The van der Waals surface area contributed by atoms with Crippen molar-refractivity contribution < 1.29 is 9.59 Å². The number of piperazine rings is 1. The quantitative estimate of drug-likeness (QED) is 0.770. The Hall–Kier alpha value is -1.72. The van der Waals surface area contributed by atoms with E-state index in [1.165, 1.54) is 4.90 Å². The van der Waals surface area contributed by atoms with Crippen LogP contribution in [0, 0.1) is 13.8 Å². The van der Waals surface area contributed by atoms with Gasteiger partial charge in [-0.1, -0.05) is 18.2 Å². The second-order valence-corrected chi connectivity index (χ2v) is 6.37. The van der Waals surface area contributed by atoms with E-state index in [9.17, 15) is 9.59 Å². The number of aryl methyl sites for hydroxylation is 2. The normalized spacial score (nSPS) is 24.3. The number of rotatable bonds is 2. The predicted molar refractivity (Wildman–Crippen MR) is 85.9 cm³/mol. The molecule has 1 atom stereocenters. The number of para-hydroxylation sites is 1. The molecule has 5 nitrogen and oxygen atoms in total. The molecular weight excluding hydrogens is 278 g/mol. The van der Waals surface area contributed by atoms with Crippen LogP contribution < -0.4 is 4.90 Å². The summed E-state index contributed by atoms with van der Waals surface area (Å²) in [7, 11) is 2.09. The van der Waals surface area contributed by atoms with Crippen LogP contribution in [0.4, 0.5) is 5.69 Å². The molecule has 2 heterocycles. The highest BCUT2D eigenvalue weighted by atomic mass is 16.2. The van der Waals surface area contributed by atoms with Gasteiger partial charge in [-0.25, -0.2) is 4.90 Å². The largest absolute Gasteiger partial charge is 0.304 e. The van der Waals surface area contributed by atoms with Gasteiger partial charge in [0.2, 0.25) is 5.91 Å². The number of hydrogen-bond acceptors (Lipinski definition) is 4. The summed E-state index contributed by atoms with van der Waals surface area (Å²) >= 11 is 0. The van der Waals surface area contributed by atoms with Crippen molar-refractivity contribution in [3.05, 3.63) is 29.3 Å². The Morgan fingerprint density at radius 2 is 1.59 bits per heavy atom. The minimum atomic E-state index is -0.291. The Morgan fingerprint density at radius 1 is 1.00 bits per heavy atom. The number of benzene rings is 1. The van der Waals surface area contributed by atoms with Gasteiger partial charge in [0.15, 0.2) is 0 Å². The van der Waals surface area contributed by atoms with Gasteiger partial charge in [-0.2, -0.15) is 0 Å². The van der Waals surface area contributed by atoms with Crippen LogP contribution in [0.15, 0.2) is 18.2 Å². The third-order valence-electron chi connectivity index (χ3n) is 4.76. The zero-order chi connectivity index (χ0) is 15.9. The second kappa shape index (κ2) is 5.82. The molecule has 2 aliphatic rings. The van der Waals surface area contributed by atoms with E-state index in [0.717, 1.165) is 43.0 Å². The number of likely N-dealkylation sites (N-methyl/N-ethyl adjacent to an activating group) is 1. The molecule has 2 amide bonds. The molecule has 5 heteroatoms. The zero-order valence-electron chi connectivity index (χ0n) is 13.5. The van der Waals surface area contributed by atoms with Crippen LogP contribution in [0.1, 0.15) is 17.5 Å². The van der Waals surface area contributed by atoms with E-state index < -0.39 is 0 Å². The average Bonchev–Trinajstić information content (AvgIpc) is 2.76. The summed E-state index contributed by atoms with van der Waals surface area (Å²) < 4.78 is 0. The van der Waals surface area contributed by atoms with Crippen molar-refractivity contribution in [2.24, 2.45) is 0 Å². The molecule has 0 aliphatic carbocycles. The predicted octanol–water partition coefficient (Wildman–Crippen LogP) is 1.18. The number of amides is 2. The molecule has 118 valence electrons. The fourth-order valence-electron chi connectivity index (χ4n) is 3.43. The van der Waals surface area contributed by atoms with Crippen LogP contribution in [0.25, 0.3) is 0 Å². The van der Waals surface area contributed by atoms with Crippen molar-refractivity contribution >= 4 is 17.5 Å². The van der Waals surface area contributed by atoms with Gasteiger partial charge in [0.25, 0.3) is 5.91 Å². The molecule has 0 saturated carbocycles. The van der Waals surface area contributed by atoms with Crippen LogP contribution >= 0.6 is 0 Å². The maximum Gasteiger partial charge on any atom is 0.251 e. The van der Waals surface area contributed by atoms with E-state index in [0.29, 0.717) is 6.42 Å². The molecular formula is C17H23N3O2. The zero-order valence-corrected chi connectivity index (χ0v) is 13.5. The number of carbonyl (C=O) groups excluding carboxylic acids is 2. The first kappa shape index (κ1) is 15.2. The summed E-state index contributed by atoms with van der Waals surface area (Å²) in [5.74, 6) is -0.140. The molecule has 22 heavy (non-hydrogen) atoms. The summed E-state index contributed by atoms with van der Waals surface area (Å²) in [6, 6.07) is 5.56. The second-order valence-electron chi connectivity index (χ2n) is 6.37. The van der Waals surface area contributed by atoms with Crippen LogP contribution in [-0.2, 0) is 9.59 Å². The fourth-order valence-corrected chi connectivity index (χ4v) is 3.43. The van der Waals surface area contributed by atoms with Crippen molar-refractivity contribution in [2.45, 2.75) is 26.3 Å². The molecule has 2 aliphatic heterocycles. The highest BCUT2D eigenvalue weighted by molar-refractivity contribution is 6.23. The first-order chi connectivity index (χ1) is 10.5. The monoisotopic (exact) mass is 301 g/mol. The van der Waals surface area contributed by atoms with Gasteiger partial charge in [0.05, 0.1) is 18.2 Å². The summed E-state index contributed by atoms with van der Waals surface area (Å²) in [5.41, 5.74) is 2.72. The van der Waals surface area contributed by atoms with Gasteiger partial charge >= 0.3 is 0 Å². The SMILES string of the molecule is Cc1cccc(C)c1N1C(=O)CC(N2CCN(C)CC2)C1=O. The first-order valence-electron chi connectivity index (χ1n) is 7.84. The van der Waals surface area contributed by atoms with E-state index >= 15 is 0 Å². The van der Waals surface area contributed by atoms with E-state index in [4.69, 9.17) is 0 Å². The van der Waals surface area contributed by atoms with Crippen LogP contribution in [0.3, 0.4) is 0 Å². The minimum Gasteiger partial charge on any atom is -0.304 e. The minimum absolute atomic E-state index is 0.0630. The number of hydrogen-bond donors (Lipinski definition) is 0. The average molecular weight is 301 g/mol. The topological polar surface area (TPSA) is 43.9 Å². The number of anilines is 1. The van der Waals surface area contributed by atoms with Crippen molar-refractivity contribution in [1.29, 1.82) is 0 Å². The summed E-state index contributed by atoms with van der Waals surface area (Å²) in [4.78, 5) is 31.1. The highest BCUT2D eigenvalue weighted by Gasteiger charge is 2.43. The lowest BCUT2D eigenvalue weighted by atomic mass is 10.1. The van der Waals surface area contributed by atoms with Gasteiger partial charge in [0.1, 0.15) is 0 Å². The molecule has 2 fully saturated rings. The third-order valence-corrected chi connectivity index (χ3v) is 4.76. The summed E-state index contributed by atoms with van der Waals surface area (Å²) in [6.45, 7) is 7.49. The van der Waals surface area contributed by atoms with Crippen molar-refractivity contribution in [1.82, 2.24) is 9.80 Å². The third kappa shape index (κ3) is 2.55. The molecule has 0 radical (unpaired) electrons. The molecule has 1 unspecified atom stereocenters. The molecule has 0 bridgehead atoms. The standard InChI is InChI=1S/C17H23N3O2/c1-12-5-4-6-13(2)16(12)20-15(21)11-14(17(20)22)19-9-7-18(3)8-10-19/h4-6,14H,7-11H2,1-3H3. The Morgan fingerprint density at radius 3 is 2.18 bits per heavy atom. The van der Waals surface area contributed by atoms with E-state index in [-0.39, 0.29) is 17.9 Å². The Bertz CT molecular complexity index is 586. The maximum absolute atomic E-state index is 12.9. The lowest BCUT2D eigenvalue weighted by Gasteiger charge is -2.35. The van der Waals surface area contributed by atoms with E-state index in [1.54, 1.807) is 0 Å². The number of carbonyl (C=O) groups is 2. The lowest BCUT2D eigenvalue weighted by molar-refractivity contribution is -0.123. The molecule has 0 aromatic heterocycles. The lowest BCUT2D eigenvalue weighted by Crippen LogP contribution is -2.51. The number of nitrogens with zero attached hydrogens (tertiary/aromatic N) is 3. The fraction of sp³-hybridized carbons (Fsp3) is 0.529. The van der Waals surface area contributed by atoms with E-state index in [1.807, 2.05) is 32.0 Å². The molecule has 2 saturated heterocycles.